The van der Waals surface area contributed by atoms with Crippen molar-refractivity contribution in [3.8, 4) is 0 Å². The molecule has 1 aromatic heterocycles. The number of benzene rings is 1. The number of nitrogens with zero attached hydrogens (tertiary/aromatic N) is 2. The third kappa shape index (κ3) is 2.57. The second-order valence-corrected chi connectivity index (χ2v) is 5.38. The number of fused-ring (bicyclic) bond motifs is 1. The molecule has 1 aliphatic carbocycles. The first-order chi connectivity index (χ1) is 9.65. The predicted octanol–water partition coefficient (Wildman–Crippen LogP) is 1.31. The fourth-order valence-electron chi connectivity index (χ4n) is 2.44. The number of nitrogens with one attached hydrogen (secondary N) is 1. The Morgan fingerprint density at radius 1 is 1.45 bits per heavy atom. The van der Waals surface area contributed by atoms with Crippen LogP contribution in [0.25, 0.3) is 10.9 Å². The van der Waals surface area contributed by atoms with E-state index in [2.05, 4.69) is 10.4 Å². The van der Waals surface area contributed by atoms with E-state index in [1.54, 1.807) is 16.8 Å². The lowest BCUT2D eigenvalue weighted by atomic mass is 10.2. The summed E-state index contributed by atoms with van der Waals surface area (Å²) in [6, 6.07) is 7.42. The molecule has 1 amide bonds. The molecule has 5 heteroatoms. The minimum atomic E-state index is -0.122. The van der Waals surface area contributed by atoms with Crippen LogP contribution in [0, 0.1) is 5.92 Å². The molecule has 1 aliphatic rings. The van der Waals surface area contributed by atoms with Gasteiger partial charge in [0.25, 0.3) is 0 Å². The maximum absolute atomic E-state index is 12.0. The maximum Gasteiger partial charge on any atom is 0.241 e. The molecule has 0 bridgehead atoms. The fraction of sp³-hybridized carbons (Fsp3) is 0.400. The van der Waals surface area contributed by atoms with Crippen LogP contribution in [0.2, 0.25) is 0 Å². The zero-order valence-corrected chi connectivity index (χ0v) is 11.4. The van der Waals surface area contributed by atoms with Crippen LogP contribution in [0.1, 0.15) is 19.8 Å². The van der Waals surface area contributed by atoms with Gasteiger partial charge in [0.15, 0.2) is 0 Å². The van der Waals surface area contributed by atoms with Gasteiger partial charge >= 0.3 is 0 Å². The molecule has 3 rings (SSSR count). The van der Waals surface area contributed by atoms with Crippen molar-refractivity contribution in [2.45, 2.75) is 32.4 Å². The lowest BCUT2D eigenvalue weighted by Gasteiger charge is -2.14. The first kappa shape index (κ1) is 12.8. The van der Waals surface area contributed by atoms with Gasteiger partial charge in [0, 0.05) is 11.4 Å². The number of amides is 1. The third-order valence-corrected chi connectivity index (χ3v) is 3.77. The molecular weight excluding hydrogens is 254 g/mol. The van der Waals surface area contributed by atoms with Gasteiger partial charge in [-0.15, -0.1) is 0 Å². The molecule has 0 radical (unpaired) electrons. The Morgan fingerprint density at radius 3 is 2.95 bits per heavy atom. The van der Waals surface area contributed by atoms with Gasteiger partial charge in [-0.3, -0.25) is 14.3 Å². The highest BCUT2D eigenvalue weighted by molar-refractivity contribution is 5.81. The SMILES string of the molecule is CC(NC(=O)Cn1ncc(=O)c2ccccc21)C1CC1. The summed E-state index contributed by atoms with van der Waals surface area (Å²) in [4.78, 5) is 23.7. The molecule has 1 atom stereocenters. The third-order valence-electron chi connectivity index (χ3n) is 3.77. The predicted molar refractivity (Wildman–Crippen MR) is 76.3 cm³/mol. The molecule has 5 nitrogen and oxygen atoms in total. The van der Waals surface area contributed by atoms with Gasteiger partial charge in [-0.1, -0.05) is 12.1 Å². The van der Waals surface area contributed by atoms with Crippen molar-refractivity contribution in [1.29, 1.82) is 0 Å². The van der Waals surface area contributed by atoms with Crippen molar-refractivity contribution >= 4 is 16.8 Å². The number of carbonyl (C=O) groups excluding carboxylic acids is 1. The highest BCUT2D eigenvalue weighted by Gasteiger charge is 2.28. The largest absolute Gasteiger partial charge is 0.352 e. The van der Waals surface area contributed by atoms with Crippen molar-refractivity contribution < 1.29 is 4.79 Å². The zero-order chi connectivity index (χ0) is 14.1. The Balaban J connectivity index is 1.82. The van der Waals surface area contributed by atoms with Crippen LogP contribution in [0.3, 0.4) is 0 Å². The van der Waals surface area contributed by atoms with E-state index in [1.165, 1.54) is 19.0 Å². The molecule has 0 spiro atoms. The summed E-state index contributed by atoms with van der Waals surface area (Å²) in [5.74, 6) is 0.559. The quantitative estimate of drug-likeness (QED) is 0.912. The molecule has 0 aliphatic heterocycles. The molecule has 1 fully saturated rings. The lowest BCUT2D eigenvalue weighted by Crippen LogP contribution is -2.37. The van der Waals surface area contributed by atoms with E-state index < -0.39 is 0 Å². The Kier molecular flexibility index (Phi) is 3.26. The van der Waals surface area contributed by atoms with Crippen molar-refractivity contribution in [2.75, 3.05) is 0 Å². The van der Waals surface area contributed by atoms with Gasteiger partial charge in [0.2, 0.25) is 11.3 Å². The van der Waals surface area contributed by atoms with E-state index in [1.807, 2.05) is 19.1 Å². The molecule has 104 valence electrons. The summed E-state index contributed by atoms with van der Waals surface area (Å²) < 4.78 is 1.58. The Morgan fingerprint density at radius 2 is 2.20 bits per heavy atom. The van der Waals surface area contributed by atoms with E-state index in [0.717, 1.165) is 0 Å². The molecule has 1 aromatic carbocycles. The number of hydrogen-bond acceptors (Lipinski definition) is 3. The summed E-state index contributed by atoms with van der Waals surface area (Å²) in [6.07, 6.45) is 3.65. The van der Waals surface area contributed by atoms with Gasteiger partial charge in [-0.05, 0) is 37.8 Å². The van der Waals surface area contributed by atoms with Crippen LogP contribution in [0.5, 0.6) is 0 Å². The second-order valence-electron chi connectivity index (χ2n) is 5.38. The zero-order valence-electron chi connectivity index (χ0n) is 11.4. The minimum absolute atomic E-state index is 0.0642. The van der Waals surface area contributed by atoms with Crippen molar-refractivity contribution in [3.05, 3.63) is 40.7 Å². The van der Waals surface area contributed by atoms with E-state index in [4.69, 9.17) is 0 Å². The number of para-hydroxylation sites is 1. The molecule has 1 heterocycles. The second kappa shape index (κ2) is 5.07. The highest BCUT2D eigenvalue weighted by atomic mass is 16.2. The van der Waals surface area contributed by atoms with E-state index in [9.17, 15) is 9.59 Å². The van der Waals surface area contributed by atoms with Crippen LogP contribution in [-0.2, 0) is 11.3 Å². The van der Waals surface area contributed by atoms with Gasteiger partial charge < -0.3 is 5.32 Å². The highest BCUT2D eigenvalue weighted by Crippen LogP contribution is 2.32. The van der Waals surface area contributed by atoms with Crippen LogP contribution < -0.4 is 10.7 Å². The minimum Gasteiger partial charge on any atom is -0.352 e. The van der Waals surface area contributed by atoms with Crippen molar-refractivity contribution in [2.24, 2.45) is 5.92 Å². The van der Waals surface area contributed by atoms with Crippen molar-refractivity contribution in [1.82, 2.24) is 15.1 Å². The molecular formula is C15H17N3O2. The number of aromatic nitrogens is 2. The topological polar surface area (TPSA) is 64.0 Å². The smallest absolute Gasteiger partial charge is 0.241 e. The van der Waals surface area contributed by atoms with Gasteiger partial charge in [0.1, 0.15) is 6.54 Å². The van der Waals surface area contributed by atoms with Gasteiger partial charge in [-0.25, -0.2) is 0 Å². The van der Waals surface area contributed by atoms with Crippen LogP contribution >= 0.6 is 0 Å². The average molecular weight is 271 g/mol. The molecule has 2 aromatic rings. The van der Waals surface area contributed by atoms with Crippen LogP contribution in [0.4, 0.5) is 0 Å². The van der Waals surface area contributed by atoms with Crippen LogP contribution in [0.15, 0.2) is 35.3 Å². The number of carbonyl (C=O) groups is 1. The first-order valence-electron chi connectivity index (χ1n) is 6.89. The van der Waals surface area contributed by atoms with E-state index in [-0.39, 0.29) is 23.9 Å². The molecule has 1 saturated carbocycles. The normalized spacial score (nSPS) is 16.1. The summed E-state index contributed by atoms with van der Waals surface area (Å²) in [5.41, 5.74) is 0.567. The lowest BCUT2D eigenvalue weighted by molar-refractivity contribution is -0.122. The molecule has 1 unspecified atom stereocenters. The first-order valence-corrected chi connectivity index (χ1v) is 6.89. The summed E-state index contributed by atoms with van der Waals surface area (Å²) in [6.45, 7) is 2.17. The molecule has 0 saturated heterocycles. The standard InChI is InChI=1S/C15H17N3O2/c1-10(11-6-7-11)17-15(20)9-18-13-5-3-2-4-12(13)14(19)8-16-18/h2-5,8,10-11H,6-7,9H2,1H3,(H,17,20). The van der Waals surface area contributed by atoms with E-state index in [0.29, 0.717) is 16.8 Å². The maximum atomic E-state index is 12.0. The number of hydrogen-bond donors (Lipinski definition) is 1. The van der Waals surface area contributed by atoms with Crippen molar-refractivity contribution in [3.63, 3.8) is 0 Å². The summed E-state index contributed by atoms with van der Waals surface area (Å²) in [5, 5.41) is 7.64. The molecule has 20 heavy (non-hydrogen) atoms. The molecule has 1 N–H and O–H groups in total. The van der Waals surface area contributed by atoms with Gasteiger partial charge in [0.05, 0.1) is 11.7 Å². The van der Waals surface area contributed by atoms with E-state index >= 15 is 0 Å². The summed E-state index contributed by atoms with van der Waals surface area (Å²) >= 11 is 0. The average Bonchev–Trinajstić information content (AvgIpc) is 3.27. The Bertz CT molecular complexity index is 704. The van der Waals surface area contributed by atoms with Crippen LogP contribution in [-0.4, -0.2) is 21.7 Å². The Labute approximate surface area is 116 Å². The fourth-order valence-corrected chi connectivity index (χ4v) is 2.44. The summed E-state index contributed by atoms with van der Waals surface area (Å²) in [7, 11) is 0. The Hall–Kier alpha value is -2.17. The number of rotatable bonds is 4. The monoisotopic (exact) mass is 271 g/mol. The van der Waals surface area contributed by atoms with Gasteiger partial charge in [-0.2, -0.15) is 5.10 Å².